The first kappa shape index (κ1) is 14.0. The van der Waals surface area contributed by atoms with E-state index in [0.29, 0.717) is 0 Å². The average Bonchev–Trinajstić information content (AvgIpc) is 2.29. The van der Waals surface area contributed by atoms with Crippen LogP contribution in [0.4, 0.5) is 0 Å². The zero-order valence-corrected chi connectivity index (χ0v) is 10.6. The number of nitrogens with one attached hydrogen (secondary N) is 1. The van der Waals surface area contributed by atoms with Gasteiger partial charge in [-0.25, -0.2) is 0 Å². The first-order chi connectivity index (χ1) is 8.11. The Balaban J connectivity index is 2.17. The maximum atomic E-state index is 11.4. The lowest BCUT2D eigenvalue weighted by molar-refractivity contribution is -0.139. The van der Waals surface area contributed by atoms with Gasteiger partial charge in [-0.1, -0.05) is 19.8 Å². The van der Waals surface area contributed by atoms with Crippen molar-refractivity contribution in [1.29, 1.82) is 0 Å². The van der Waals surface area contributed by atoms with Crippen molar-refractivity contribution in [2.75, 3.05) is 0 Å². The predicted octanol–water partition coefficient (Wildman–Crippen LogP) is 2.33. The summed E-state index contributed by atoms with van der Waals surface area (Å²) in [6.45, 7) is 2.21. The summed E-state index contributed by atoms with van der Waals surface area (Å²) in [4.78, 5) is 21.8. The number of hydrogen-bond acceptors (Lipinski definition) is 2. The Morgan fingerprint density at radius 3 is 2.35 bits per heavy atom. The van der Waals surface area contributed by atoms with E-state index >= 15 is 0 Å². The minimum absolute atomic E-state index is 0.0724. The standard InChI is InChI=1S/C13H23NO3/c1-2-3-10-4-6-11(7-5-10)14-12(15)8-9-13(16)17/h10-11H,2-9H2,1H3,(H,14,15)(H,16,17). The molecule has 1 aliphatic carbocycles. The summed E-state index contributed by atoms with van der Waals surface area (Å²) in [6.07, 6.45) is 7.03. The first-order valence-electron chi connectivity index (χ1n) is 6.63. The van der Waals surface area contributed by atoms with Gasteiger partial charge in [0.05, 0.1) is 6.42 Å². The smallest absolute Gasteiger partial charge is 0.303 e. The lowest BCUT2D eigenvalue weighted by atomic mass is 9.83. The Kier molecular flexibility index (Phi) is 6.01. The summed E-state index contributed by atoms with van der Waals surface area (Å²) in [5.74, 6) is -0.203. The van der Waals surface area contributed by atoms with E-state index in [2.05, 4.69) is 12.2 Å². The van der Waals surface area contributed by atoms with Crippen LogP contribution in [0.2, 0.25) is 0 Å². The van der Waals surface area contributed by atoms with Gasteiger partial charge in [0, 0.05) is 12.5 Å². The number of rotatable bonds is 6. The van der Waals surface area contributed by atoms with Crippen molar-refractivity contribution in [2.24, 2.45) is 5.92 Å². The lowest BCUT2D eigenvalue weighted by Gasteiger charge is -2.28. The van der Waals surface area contributed by atoms with Gasteiger partial charge in [-0.2, -0.15) is 0 Å². The van der Waals surface area contributed by atoms with Crippen LogP contribution in [0.15, 0.2) is 0 Å². The van der Waals surface area contributed by atoms with E-state index in [1.165, 1.54) is 25.7 Å². The second-order valence-corrected chi connectivity index (χ2v) is 4.97. The first-order valence-corrected chi connectivity index (χ1v) is 6.63. The molecule has 1 fully saturated rings. The van der Waals surface area contributed by atoms with Gasteiger partial charge in [-0.15, -0.1) is 0 Å². The van der Waals surface area contributed by atoms with Crippen molar-refractivity contribution >= 4 is 11.9 Å². The molecule has 0 saturated heterocycles. The Hall–Kier alpha value is -1.06. The summed E-state index contributed by atoms with van der Waals surface area (Å²) in [5.41, 5.74) is 0. The number of carboxylic acid groups (broad SMARTS) is 1. The van der Waals surface area contributed by atoms with Gasteiger partial charge in [-0.3, -0.25) is 9.59 Å². The quantitative estimate of drug-likeness (QED) is 0.750. The number of carbonyl (C=O) groups excluding carboxylic acids is 1. The molecule has 0 heterocycles. The Morgan fingerprint density at radius 1 is 1.18 bits per heavy atom. The lowest BCUT2D eigenvalue weighted by Crippen LogP contribution is -2.37. The molecular weight excluding hydrogens is 218 g/mol. The maximum Gasteiger partial charge on any atom is 0.303 e. The fourth-order valence-electron chi connectivity index (χ4n) is 2.52. The molecule has 4 heteroatoms. The summed E-state index contributed by atoms with van der Waals surface area (Å²) in [6, 6.07) is 0.268. The van der Waals surface area contributed by atoms with E-state index in [4.69, 9.17) is 5.11 Å². The monoisotopic (exact) mass is 241 g/mol. The molecule has 4 nitrogen and oxygen atoms in total. The maximum absolute atomic E-state index is 11.4. The number of carbonyl (C=O) groups is 2. The molecule has 2 N–H and O–H groups in total. The van der Waals surface area contributed by atoms with Gasteiger partial charge >= 0.3 is 5.97 Å². The number of hydrogen-bond donors (Lipinski definition) is 2. The third-order valence-corrected chi connectivity index (χ3v) is 3.47. The van der Waals surface area contributed by atoms with Gasteiger partial charge in [0.25, 0.3) is 0 Å². The van der Waals surface area contributed by atoms with E-state index in [1.54, 1.807) is 0 Å². The molecular formula is C13H23NO3. The Labute approximate surface area is 103 Å². The molecule has 17 heavy (non-hydrogen) atoms. The Bertz CT molecular complexity index is 257. The van der Waals surface area contributed by atoms with E-state index < -0.39 is 5.97 Å². The van der Waals surface area contributed by atoms with Crippen LogP contribution in [0.1, 0.15) is 58.3 Å². The van der Waals surface area contributed by atoms with E-state index in [9.17, 15) is 9.59 Å². The molecule has 1 aliphatic rings. The number of amides is 1. The fraction of sp³-hybridized carbons (Fsp3) is 0.846. The minimum atomic E-state index is -0.910. The van der Waals surface area contributed by atoms with Crippen molar-refractivity contribution in [2.45, 2.75) is 64.3 Å². The van der Waals surface area contributed by atoms with Crippen LogP contribution < -0.4 is 5.32 Å². The molecule has 98 valence electrons. The highest BCUT2D eigenvalue weighted by Gasteiger charge is 2.21. The van der Waals surface area contributed by atoms with Crippen molar-refractivity contribution in [1.82, 2.24) is 5.32 Å². The molecule has 1 amide bonds. The molecule has 0 radical (unpaired) electrons. The van der Waals surface area contributed by atoms with Gasteiger partial charge in [0.2, 0.25) is 5.91 Å². The van der Waals surface area contributed by atoms with Crippen molar-refractivity contribution < 1.29 is 14.7 Å². The zero-order valence-electron chi connectivity index (χ0n) is 10.6. The highest BCUT2D eigenvalue weighted by atomic mass is 16.4. The molecule has 0 bridgehead atoms. The third-order valence-electron chi connectivity index (χ3n) is 3.47. The third kappa shape index (κ3) is 5.71. The Morgan fingerprint density at radius 2 is 1.82 bits per heavy atom. The summed E-state index contributed by atoms with van der Waals surface area (Å²) in [7, 11) is 0. The molecule has 0 aliphatic heterocycles. The van der Waals surface area contributed by atoms with E-state index in [-0.39, 0.29) is 24.8 Å². The number of aliphatic carboxylic acids is 1. The molecule has 0 spiro atoms. The van der Waals surface area contributed by atoms with Crippen LogP contribution in [-0.2, 0) is 9.59 Å². The highest BCUT2D eigenvalue weighted by molar-refractivity contribution is 5.80. The molecule has 0 aromatic rings. The summed E-state index contributed by atoms with van der Waals surface area (Å²) < 4.78 is 0. The van der Waals surface area contributed by atoms with Gasteiger partial charge in [0.1, 0.15) is 0 Å². The summed E-state index contributed by atoms with van der Waals surface area (Å²) in [5, 5.41) is 11.4. The predicted molar refractivity (Wildman–Crippen MR) is 65.7 cm³/mol. The SMILES string of the molecule is CCCC1CCC(NC(=O)CCC(=O)O)CC1. The van der Waals surface area contributed by atoms with Crippen LogP contribution in [0, 0.1) is 5.92 Å². The second kappa shape index (κ2) is 7.30. The van der Waals surface area contributed by atoms with Crippen LogP contribution in [0.25, 0.3) is 0 Å². The van der Waals surface area contributed by atoms with Crippen LogP contribution >= 0.6 is 0 Å². The average molecular weight is 241 g/mol. The van der Waals surface area contributed by atoms with Crippen molar-refractivity contribution in [3.05, 3.63) is 0 Å². The minimum Gasteiger partial charge on any atom is -0.481 e. The van der Waals surface area contributed by atoms with Gasteiger partial charge in [-0.05, 0) is 31.6 Å². The normalized spacial score (nSPS) is 24.3. The largest absolute Gasteiger partial charge is 0.481 e. The molecule has 1 saturated carbocycles. The van der Waals surface area contributed by atoms with Gasteiger partial charge < -0.3 is 10.4 Å². The zero-order chi connectivity index (χ0) is 12.7. The van der Waals surface area contributed by atoms with E-state index in [0.717, 1.165) is 18.8 Å². The molecule has 0 unspecified atom stereocenters. The molecule has 1 rings (SSSR count). The van der Waals surface area contributed by atoms with Crippen LogP contribution in [0.5, 0.6) is 0 Å². The topological polar surface area (TPSA) is 66.4 Å². The van der Waals surface area contributed by atoms with Crippen molar-refractivity contribution in [3.8, 4) is 0 Å². The van der Waals surface area contributed by atoms with Gasteiger partial charge in [0.15, 0.2) is 0 Å². The fourth-order valence-corrected chi connectivity index (χ4v) is 2.52. The number of carboxylic acids is 1. The second-order valence-electron chi connectivity index (χ2n) is 4.97. The van der Waals surface area contributed by atoms with Crippen LogP contribution in [-0.4, -0.2) is 23.0 Å². The van der Waals surface area contributed by atoms with E-state index in [1.807, 2.05) is 0 Å². The molecule has 0 aromatic carbocycles. The molecule has 0 aromatic heterocycles. The van der Waals surface area contributed by atoms with Crippen molar-refractivity contribution in [3.63, 3.8) is 0 Å². The molecule has 0 atom stereocenters. The van der Waals surface area contributed by atoms with Crippen LogP contribution in [0.3, 0.4) is 0 Å². The summed E-state index contributed by atoms with van der Waals surface area (Å²) >= 11 is 0. The highest BCUT2D eigenvalue weighted by Crippen LogP contribution is 2.27.